The molecule has 0 saturated heterocycles. The van der Waals surface area contributed by atoms with Crippen molar-refractivity contribution >= 4 is 5.69 Å². The van der Waals surface area contributed by atoms with Gasteiger partial charge in [-0.15, -0.1) is 0 Å². The molecule has 0 heterocycles. The van der Waals surface area contributed by atoms with E-state index < -0.39 is 22.2 Å². The van der Waals surface area contributed by atoms with Crippen LogP contribution < -0.4 is 0 Å². The summed E-state index contributed by atoms with van der Waals surface area (Å²) in [5.41, 5.74) is -0.259. The summed E-state index contributed by atoms with van der Waals surface area (Å²) in [6, 6.07) is 9.25. The molecule has 0 aliphatic rings. The van der Waals surface area contributed by atoms with Crippen LogP contribution in [-0.2, 0) is 0 Å². The molecule has 0 spiro atoms. The monoisotopic (exact) mass is 258 g/mol. The number of benzene rings is 2. The van der Waals surface area contributed by atoms with Gasteiger partial charge in [0.15, 0.2) is 0 Å². The average Bonchev–Trinajstić information content (AvgIpc) is 2.38. The summed E-state index contributed by atoms with van der Waals surface area (Å²) in [6.45, 7) is 0. The first-order valence-corrected chi connectivity index (χ1v) is 5.20. The van der Waals surface area contributed by atoms with Gasteiger partial charge in [0.05, 0.1) is 16.6 Å². The van der Waals surface area contributed by atoms with Crippen molar-refractivity contribution in [1.82, 2.24) is 0 Å². The van der Waals surface area contributed by atoms with Gasteiger partial charge in [-0.05, 0) is 23.8 Å². The van der Waals surface area contributed by atoms with Crippen molar-refractivity contribution in [3.8, 4) is 22.9 Å². The lowest BCUT2D eigenvalue weighted by Crippen LogP contribution is -1.92. The predicted octanol–water partition coefficient (Wildman–Crippen LogP) is 2.98. The number of nitrogens with zero attached hydrogens (tertiary/aromatic N) is 2. The first kappa shape index (κ1) is 12.5. The molecule has 0 aromatic heterocycles. The molecule has 6 heteroatoms. The third-order valence-corrected chi connectivity index (χ3v) is 2.55. The highest BCUT2D eigenvalue weighted by molar-refractivity contribution is 5.76. The molecule has 0 bridgehead atoms. The molecule has 0 radical (unpaired) electrons. The van der Waals surface area contributed by atoms with Crippen molar-refractivity contribution in [2.45, 2.75) is 0 Å². The maximum Gasteiger partial charge on any atom is 0.312 e. The Morgan fingerprint density at radius 2 is 2.05 bits per heavy atom. The molecule has 0 unspecified atom stereocenters. The molecule has 0 saturated carbocycles. The zero-order chi connectivity index (χ0) is 14.0. The number of halogens is 1. The van der Waals surface area contributed by atoms with Gasteiger partial charge >= 0.3 is 5.69 Å². The summed E-state index contributed by atoms with van der Waals surface area (Å²) in [6.07, 6.45) is 0. The number of phenols is 1. The fourth-order valence-corrected chi connectivity index (χ4v) is 1.70. The van der Waals surface area contributed by atoms with Crippen LogP contribution in [0.5, 0.6) is 5.75 Å². The molecule has 0 aliphatic carbocycles. The molecule has 2 aromatic carbocycles. The van der Waals surface area contributed by atoms with Gasteiger partial charge in [-0.1, -0.05) is 12.1 Å². The molecule has 2 aromatic rings. The Morgan fingerprint density at radius 3 is 2.63 bits per heavy atom. The molecule has 19 heavy (non-hydrogen) atoms. The molecular formula is C13H7FN2O3. The Labute approximate surface area is 107 Å². The average molecular weight is 258 g/mol. The van der Waals surface area contributed by atoms with E-state index in [1.54, 1.807) is 6.07 Å². The van der Waals surface area contributed by atoms with Crippen molar-refractivity contribution < 1.29 is 14.4 Å². The SMILES string of the molecule is N#Cc1cc(-c2cccc(F)c2)c(O)c([N+](=O)[O-])c1. The van der Waals surface area contributed by atoms with Crippen molar-refractivity contribution in [3.05, 3.63) is 57.9 Å². The number of nitro groups is 1. The van der Waals surface area contributed by atoms with Crippen LogP contribution in [0.2, 0.25) is 0 Å². The quantitative estimate of drug-likeness (QED) is 0.662. The molecular weight excluding hydrogens is 251 g/mol. The summed E-state index contributed by atoms with van der Waals surface area (Å²) in [5.74, 6) is -1.13. The predicted molar refractivity (Wildman–Crippen MR) is 64.9 cm³/mol. The minimum absolute atomic E-state index is 0.0174. The lowest BCUT2D eigenvalue weighted by molar-refractivity contribution is -0.385. The highest BCUT2D eigenvalue weighted by Crippen LogP contribution is 2.38. The number of hydrogen-bond acceptors (Lipinski definition) is 4. The second-order valence-electron chi connectivity index (χ2n) is 3.77. The maximum atomic E-state index is 13.1. The van der Waals surface area contributed by atoms with Crippen LogP contribution in [0, 0.1) is 27.3 Å². The summed E-state index contributed by atoms with van der Waals surface area (Å²) in [5, 5.41) is 29.5. The minimum Gasteiger partial charge on any atom is -0.502 e. The van der Waals surface area contributed by atoms with E-state index in [1.807, 2.05) is 0 Å². The molecule has 94 valence electrons. The van der Waals surface area contributed by atoms with E-state index in [-0.39, 0.29) is 16.7 Å². The molecule has 1 N–H and O–H groups in total. The third-order valence-electron chi connectivity index (χ3n) is 2.55. The van der Waals surface area contributed by atoms with E-state index in [1.165, 1.54) is 24.3 Å². The number of nitro benzene ring substituents is 1. The summed E-state index contributed by atoms with van der Waals surface area (Å²) < 4.78 is 13.1. The van der Waals surface area contributed by atoms with E-state index in [0.717, 1.165) is 12.1 Å². The van der Waals surface area contributed by atoms with Crippen molar-refractivity contribution in [2.75, 3.05) is 0 Å². The molecule has 0 atom stereocenters. The fourth-order valence-electron chi connectivity index (χ4n) is 1.70. The molecule has 0 aliphatic heterocycles. The van der Waals surface area contributed by atoms with Crippen LogP contribution in [0.1, 0.15) is 5.56 Å². The Morgan fingerprint density at radius 1 is 1.32 bits per heavy atom. The Hall–Kier alpha value is -2.94. The van der Waals surface area contributed by atoms with Gasteiger partial charge in [0.1, 0.15) is 5.82 Å². The number of hydrogen-bond donors (Lipinski definition) is 1. The Kier molecular flexibility index (Phi) is 3.12. The largest absolute Gasteiger partial charge is 0.502 e. The van der Waals surface area contributed by atoms with Gasteiger partial charge in [-0.25, -0.2) is 4.39 Å². The van der Waals surface area contributed by atoms with Gasteiger partial charge in [0.2, 0.25) is 5.75 Å². The standard InChI is InChI=1S/C13H7FN2O3/c14-10-3-1-2-9(6-10)11-4-8(7-15)5-12(13(11)17)16(18)19/h1-6,17H. The molecule has 0 amide bonds. The summed E-state index contributed by atoms with van der Waals surface area (Å²) >= 11 is 0. The van der Waals surface area contributed by atoms with Crippen LogP contribution in [0.3, 0.4) is 0 Å². The van der Waals surface area contributed by atoms with Gasteiger partial charge in [0, 0.05) is 11.6 Å². The highest BCUT2D eigenvalue weighted by atomic mass is 19.1. The zero-order valence-corrected chi connectivity index (χ0v) is 9.50. The first-order chi connectivity index (χ1) is 9.02. The molecule has 2 rings (SSSR count). The zero-order valence-electron chi connectivity index (χ0n) is 9.50. The fraction of sp³-hybridized carbons (Fsp3) is 0. The van der Waals surface area contributed by atoms with Gasteiger partial charge in [-0.2, -0.15) is 5.26 Å². The lowest BCUT2D eigenvalue weighted by Gasteiger charge is -2.06. The maximum absolute atomic E-state index is 13.1. The van der Waals surface area contributed by atoms with E-state index >= 15 is 0 Å². The third kappa shape index (κ3) is 2.35. The van der Waals surface area contributed by atoms with Crippen molar-refractivity contribution in [3.63, 3.8) is 0 Å². The number of aromatic hydroxyl groups is 1. The summed E-state index contributed by atoms with van der Waals surface area (Å²) in [4.78, 5) is 10.0. The van der Waals surface area contributed by atoms with Crippen LogP contribution >= 0.6 is 0 Å². The Balaban J connectivity index is 2.73. The van der Waals surface area contributed by atoms with Crippen molar-refractivity contribution in [1.29, 1.82) is 5.26 Å². The van der Waals surface area contributed by atoms with E-state index in [9.17, 15) is 19.6 Å². The Bertz CT molecular complexity index is 708. The normalized spacial score (nSPS) is 9.89. The lowest BCUT2D eigenvalue weighted by atomic mass is 10.0. The van der Waals surface area contributed by atoms with Crippen LogP contribution in [0.4, 0.5) is 10.1 Å². The topological polar surface area (TPSA) is 87.2 Å². The van der Waals surface area contributed by atoms with Crippen LogP contribution in [0.15, 0.2) is 36.4 Å². The van der Waals surface area contributed by atoms with Gasteiger partial charge < -0.3 is 5.11 Å². The number of rotatable bonds is 2. The van der Waals surface area contributed by atoms with E-state index in [0.29, 0.717) is 0 Å². The number of nitriles is 1. The molecule has 5 nitrogen and oxygen atoms in total. The smallest absolute Gasteiger partial charge is 0.312 e. The highest BCUT2D eigenvalue weighted by Gasteiger charge is 2.20. The van der Waals surface area contributed by atoms with Gasteiger partial charge in [-0.3, -0.25) is 10.1 Å². The van der Waals surface area contributed by atoms with Gasteiger partial charge in [0.25, 0.3) is 0 Å². The second-order valence-corrected chi connectivity index (χ2v) is 3.77. The molecule has 0 fully saturated rings. The van der Waals surface area contributed by atoms with Crippen LogP contribution in [-0.4, -0.2) is 10.0 Å². The first-order valence-electron chi connectivity index (χ1n) is 5.20. The van der Waals surface area contributed by atoms with Crippen LogP contribution in [0.25, 0.3) is 11.1 Å². The van der Waals surface area contributed by atoms with E-state index in [2.05, 4.69) is 0 Å². The number of phenolic OH excluding ortho intramolecular Hbond substituents is 1. The minimum atomic E-state index is -0.793. The summed E-state index contributed by atoms with van der Waals surface area (Å²) in [7, 11) is 0. The van der Waals surface area contributed by atoms with Crippen molar-refractivity contribution in [2.24, 2.45) is 0 Å². The van der Waals surface area contributed by atoms with E-state index in [4.69, 9.17) is 5.26 Å². The second kappa shape index (κ2) is 4.74.